The summed E-state index contributed by atoms with van der Waals surface area (Å²) in [4.78, 5) is 12.8. The highest BCUT2D eigenvalue weighted by Crippen LogP contribution is 2.22. The van der Waals surface area contributed by atoms with E-state index in [-0.39, 0.29) is 10.8 Å². The van der Waals surface area contributed by atoms with Gasteiger partial charge in [-0.2, -0.15) is 4.31 Å². The lowest BCUT2D eigenvalue weighted by Crippen LogP contribution is -2.35. The zero-order chi connectivity index (χ0) is 21.0. The third-order valence-corrected chi connectivity index (χ3v) is 7.27. The Balaban J connectivity index is 1.62. The molecule has 7 heteroatoms. The van der Waals surface area contributed by atoms with Crippen molar-refractivity contribution in [2.24, 2.45) is 0 Å². The molecule has 1 unspecified atom stereocenters. The lowest BCUT2D eigenvalue weighted by Gasteiger charge is -2.25. The van der Waals surface area contributed by atoms with Crippen molar-refractivity contribution >= 4 is 27.3 Å². The van der Waals surface area contributed by atoms with E-state index in [0.717, 1.165) is 30.5 Å². The summed E-state index contributed by atoms with van der Waals surface area (Å²) in [5.41, 5.74) is 3.82. The lowest BCUT2D eigenvalue weighted by atomic mass is 10.1. The van der Waals surface area contributed by atoms with Crippen LogP contribution in [0, 0.1) is 13.8 Å². The van der Waals surface area contributed by atoms with Gasteiger partial charge in [-0.3, -0.25) is 4.79 Å². The molecular formula is C22H29N3O3S. The maximum absolute atomic E-state index is 12.7. The molecular weight excluding hydrogens is 386 g/mol. The minimum Gasteiger partial charge on any atom is -0.374 e. The number of nitrogens with one attached hydrogen (secondary N) is 2. The summed E-state index contributed by atoms with van der Waals surface area (Å²) in [5.74, 6) is -0.185. The lowest BCUT2D eigenvalue weighted by molar-refractivity contribution is -0.116. The van der Waals surface area contributed by atoms with Crippen LogP contribution in [0.1, 0.15) is 37.3 Å². The number of aryl methyl sites for hydroxylation is 2. The van der Waals surface area contributed by atoms with E-state index >= 15 is 0 Å². The number of piperidine rings is 1. The summed E-state index contributed by atoms with van der Waals surface area (Å²) in [6, 6.07) is 11.9. The Kier molecular flexibility index (Phi) is 6.59. The molecule has 29 heavy (non-hydrogen) atoms. The molecule has 1 aliphatic rings. The van der Waals surface area contributed by atoms with Gasteiger partial charge < -0.3 is 10.6 Å². The van der Waals surface area contributed by atoms with Gasteiger partial charge in [0, 0.05) is 24.5 Å². The molecule has 6 nitrogen and oxygen atoms in total. The summed E-state index contributed by atoms with van der Waals surface area (Å²) in [6.07, 6.45) is 2.88. The van der Waals surface area contributed by atoms with Gasteiger partial charge in [0.15, 0.2) is 0 Å². The maximum Gasteiger partial charge on any atom is 0.246 e. The molecule has 0 spiro atoms. The number of amides is 1. The molecule has 0 bridgehead atoms. The quantitative estimate of drug-likeness (QED) is 0.750. The largest absolute Gasteiger partial charge is 0.374 e. The monoisotopic (exact) mass is 415 g/mol. The number of benzene rings is 2. The number of nitrogens with zero attached hydrogens (tertiary/aromatic N) is 1. The van der Waals surface area contributed by atoms with Gasteiger partial charge in [-0.1, -0.05) is 12.5 Å². The van der Waals surface area contributed by atoms with E-state index in [4.69, 9.17) is 0 Å². The zero-order valence-electron chi connectivity index (χ0n) is 17.2. The third-order valence-electron chi connectivity index (χ3n) is 5.36. The standard InChI is InChI=1S/C22H29N3O3S/c1-16-7-8-20(15-17(16)2)23-18(3)22(26)24-19-9-11-21(12-10-19)29(27,28)25-13-5-4-6-14-25/h7-12,15,18,23H,4-6,13-14H2,1-3H3,(H,24,26). The molecule has 0 saturated carbocycles. The first-order valence-electron chi connectivity index (χ1n) is 10.0. The van der Waals surface area contributed by atoms with Crippen molar-refractivity contribution in [2.45, 2.75) is 51.0 Å². The second kappa shape index (κ2) is 8.97. The molecule has 0 aromatic heterocycles. The second-order valence-corrected chi connectivity index (χ2v) is 9.58. The van der Waals surface area contributed by atoms with Crippen LogP contribution in [-0.2, 0) is 14.8 Å². The number of anilines is 2. The normalized spacial score (nSPS) is 16.2. The fourth-order valence-corrected chi connectivity index (χ4v) is 4.88. The molecule has 1 aliphatic heterocycles. The van der Waals surface area contributed by atoms with Crippen LogP contribution in [0.15, 0.2) is 47.4 Å². The van der Waals surface area contributed by atoms with E-state index in [2.05, 4.69) is 10.6 Å². The van der Waals surface area contributed by atoms with Crippen LogP contribution in [0.5, 0.6) is 0 Å². The van der Waals surface area contributed by atoms with Crippen molar-refractivity contribution in [1.82, 2.24) is 4.31 Å². The van der Waals surface area contributed by atoms with Gasteiger partial charge in [-0.05, 0) is 81.1 Å². The van der Waals surface area contributed by atoms with Gasteiger partial charge in [0.25, 0.3) is 0 Å². The molecule has 0 aliphatic carbocycles. The fraction of sp³-hybridized carbons (Fsp3) is 0.409. The van der Waals surface area contributed by atoms with Crippen LogP contribution in [0.25, 0.3) is 0 Å². The smallest absolute Gasteiger partial charge is 0.246 e. The van der Waals surface area contributed by atoms with E-state index in [1.165, 1.54) is 5.56 Å². The van der Waals surface area contributed by atoms with Crippen molar-refractivity contribution < 1.29 is 13.2 Å². The predicted molar refractivity (Wildman–Crippen MR) is 117 cm³/mol. The highest BCUT2D eigenvalue weighted by molar-refractivity contribution is 7.89. The number of hydrogen-bond donors (Lipinski definition) is 2. The van der Waals surface area contributed by atoms with Crippen molar-refractivity contribution in [3.05, 3.63) is 53.6 Å². The van der Waals surface area contributed by atoms with E-state index in [1.807, 2.05) is 32.0 Å². The average Bonchev–Trinajstić information content (AvgIpc) is 2.72. The van der Waals surface area contributed by atoms with Crippen LogP contribution < -0.4 is 10.6 Å². The number of hydrogen-bond acceptors (Lipinski definition) is 4. The first kappa shape index (κ1) is 21.3. The first-order chi connectivity index (χ1) is 13.8. The van der Waals surface area contributed by atoms with Crippen LogP contribution in [0.4, 0.5) is 11.4 Å². The van der Waals surface area contributed by atoms with Gasteiger partial charge in [0.2, 0.25) is 15.9 Å². The number of carbonyl (C=O) groups excluding carboxylic acids is 1. The first-order valence-corrected chi connectivity index (χ1v) is 11.5. The van der Waals surface area contributed by atoms with E-state index < -0.39 is 16.1 Å². The molecule has 156 valence electrons. The molecule has 2 aromatic carbocycles. The summed E-state index contributed by atoms with van der Waals surface area (Å²) in [6.45, 7) is 7.01. The topological polar surface area (TPSA) is 78.5 Å². The molecule has 1 amide bonds. The van der Waals surface area contributed by atoms with Gasteiger partial charge in [-0.15, -0.1) is 0 Å². The summed E-state index contributed by atoms with van der Waals surface area (Å²) in [5, 5.41) is 6.03. The Morgan fingerprint density at radius 3 is 2.17 bits per heavy atom. The van der Waals surface area contributed by atoms with Crippen LogP contribution >= 0.6 is 0 Å². The summed E-state index contributed by atoms with van der Waals surface area (Å²) in [7, 11) is -3.46. The van der Waals surface area contributed by atoms with Crippen LogP contribution in [0.3, 0.4) is 0 Å². The average molecular weight is 416 g/mol. The molecule has 1 fully saturated rings. The van der Waals surface area contributed by atoms with Crippen molar-refractivity contribution in [3.63, 3.8) is 0 Å². The van der Waals surface area contributed by atoms with Gasteiger partial charge in [0.1, 0.15) is 6.04 Å². The Bertz CT molecular complexity index is 965. The highest BCUT2D eigenvalue weighted by Gasteiger charge is 2.25. The molecule has 1 atom stereocenters. The Morgan fingerprint density at radius 2 is 1.55 bits per heavy atom. The van der Waals surface area contributed by atoms with Gasteiger partial charge in [0.05, 0.1) is 4.90 Å². The molecule has 0 radical (unpaired) electrons. The Hall–Kier alpha value is -2.38. The number of sulfonamides is 1. The third kappa shape index (κ3) is 5.16. The highest BCUT2D eigenvalue weighted by atomic mass is 32.2. The molecule has 3 rings (SSSR count). The number of carbonyl (C=O) groups is 1. The summed E-state index contributed by atoms with van der Waals surface area (Å²) >= 11 is 0. The number of rotatable bonds is 6. The van der Waals surface area contributed by atoms with Crippen LogP contribution in [-0.4, -0.2) is 37.8 Å². The Morgan fingerprint density at radius 1 is 0.931 bits per heavy atom. The minimum atomic E-state index is -3.46. The molecule has 2 aromatic rings. The predicted octanol–water partition coefficient (Wildman–Crippen LogP) is 3.92. The SMILES string of the molecule is Cc1ccc(NC(C)C(=O)Nc2ccc(S(=O)(=O)N3CCCCC3)cc2)cc1C. The molecule has 2 N–H and O–H groups in total. The van der Waals surface area contributed by atoms with E-state index in [9.17, 15) is 13.2 Å². The zero-order valence-corrected chi connectivity index (χ0v) is 18.1. The summed E-state index contributed by atoms with van der Waals surface area (Å²) < 4.78 is 27.0. The second-order valence-electron chi connectivity index (χ2n) is 7.64. The van der Waals surface area contributed by atoms with E-state index in [1.54, 1.807) is 35.5 Å². The minimum absolute atomic E-state index is 0.185. The molecule has 1 heterocycles. The van der Waals surface area contributed by atoms with Crippen molar-refractivity contribution in [2.75, 3.05) is 23.7 Å². The van der Waals surface area contributed by atoms with Crippen molar-refractivity contribution in [1.29, 1.82) is 0 Å². The van der Waals surface area contributed by atoms with E-state index in [0.29, 0.717) is 18.8 Å². The maximum atomic E-state index is 12.7. The molecule has 1 saturated heterocycles. The van der Waals surface area contributed by atoms with Gasteiger partial charge in [-0.25, -0.2) is 8.42 Å². The van der Waals surface area contributed by atoms with Gasteiger partial charge >= 0.3 is 0 Å². The van der Waals surface area contributed by atoms with Crippen LogP contribution in [0.2, 0.25) is 0 Å². The fourth-order valence-electron chi connectivity index (χ4n) is 3.36. The van der Waals surface area contributed by atoms with Crippen molar-refractivity contribution in [3.8, 4) is 0 Å². The Labute approximate surface area is 173 Å².